The number of piperidine rings is 1. The lowest BCUT2D eigenvalue weighted by Crippen LogP contribution is -2.55. The number of ether oxygens (including phenoxy) is 2. The number of methoxy groups -OCH3 is 1. The standard InChI is InChI=1S/C27H34FN5O4/c1-27(2,3)37-26(35)33-22-8-7-19(12-22)24(33)25(34)31-21(14-29)11-18-6-5-17(13-23(18)28)20-15-30-32(16-20)9-10-36-4/h5-6,13,15-16,19,21-22,24H,7-12H2,1-4H3,(H,31,34). The van der Waals surface area contributed by atoms with Gasteiger partial charge in [-0.15, -0.1) is 0 Å². The van der Waals surface area contributed by atoms with Crippen LogP contribution in [0.3, 0.4) is 0 Å². The number of nitrogens with one attached hydrogen (secondary N) is 1. The molecular weight excluding hydrogens is 477 g/mol. The molecule has 1 aromatic carbocycles. The van der Waals surface area contributed by atoms with Crippen molar-refractivity contribution in [3.8, 4) is 17.2 Å². The van der Waals surface area contributed by atoms with Crippen LogP contribution in [0.4, 0.5) is 9.18 Å². The van der Waals surface area contributed by atoms with Crippen LogP contribution in [0.5, 0.6) is 0 Å². The molecule has 2 fully saturated rings. The van der Waals surface area contributed by atoms with Crippen LogP contribution in [0, 0.1) is 23.1 Å². The van der Waals surface area contributed by atoms with Crippen molar-refractivity contribution in [1.82, 2.24) is 20.0 Å². The lowest BCUT2D eigenvalue weighted by atomic mass is 9.97. The summed E-state index contributed by atoms with van der Waals surface area (Å²) in [5.74, 6) is -0.838. The molecule has 0 spiro atoms. The summed E-state index contributed by atoms with van der Waals surface area (Å²) in [7, 11) is 1.62. The van der Waals surface area contributed by atoms with E-state index in [1.54, 1.807) is 50.9 Å². The number of amides is 2. The van der Waals surface area contributed by atoms with Crippen molar-refractivity contribution in [3.63, 3.8) is 0 Å². The number of carbonyl (C=O) groups excluding carboxylic acids is 2. The van der Waals surface area contributed by atoms with Crippen molar-refractivity contribution in [3.05, 3.63) is 42.0 Å². The van der Waals surface area contributed by atoms with Gasteiger partial charge in [0.1, 0.15) is 23.5 Å². The first kappa shape index (κ1) is 26.6. The Morgan fingerprint density at radius 3 is 2.76 bits per heavy atom. The fraction of sp³-hybridized carbons (Fsp3) is 0.556. The molecule has 2 bridgehead atoms. The summed E-state index contributed by atoms with van der Waals surface area (Å²) in [6.07, 6.45) is 5.39. The minimum atomic E-state index is -0.941. The number of hydrogen-bond donors (Lipinski definition) is 1. The summed E-state index contributed by atoms with van der Waals surface area (Å²) in [6, 6.07) is 5.20. The number of hydrogen-bond acceptors (Lipinski definition) is 6. The van der Waals surface area contributed by atoms with Crippen LogP contribution in [0.25, 0.3) is 11.1 Å². The number of aromatic nitrogens is 2. The van der Waals surface area contributed by atoms with Gasteiger partial charge in [0, 0.05) is 31.3 Å². The van der Waals surface area contributed by atoms with Gasteiger partial charge in [-0.1, -0.05) is 12.1 Å². The molecule has 4 unspecified atom stereocenters. The predicted molar refractivity (Wildman–Crippen MR) is 134 cm³/mol. The highest BCUT2D eigenvalue weighted by Crippen LogP contribution is 2.43. The topological polar surface area (TPSA) is 109 Å². The Morgan fingerprint density at radius 2 is 2.08 bits per heavy atom. The van der Waals surface area contributed by atoms with Crippen LogP contribution < -0.4 is 5.32 Å². The Labute approximate surface area is 216 Å². The molecule has 0 radical (unpaired) electrons. The SMILES string of the molecule is COCCn1cc(-c2ccc(CC(C#N)NC(=O)C3C4CCC(C4)N3C(=O)OC(C)(C)C)c(F)c2)cn1. The monoisotopic (exact) mass is 511 g/mol. The maximum absolute atomic E-state index is 15.0. The lowest BCUT2D eigenvalue weighted by Gasteiger charge is -2.35. The Kier molecular flexibility index (Phi) is 7.83. The van der Waals surface area contributed by atoms with Gasteiger partial charge in [0.25, 0.3) is 0 Å². The van der Waals surface area contributed by atoms with Crippen molar-refractivity contribution < 1.29 is 23.5 Å². The number of carbonyl (C=O) groups is 2. The Morgan fingerprint density at radius 1 is 1.30 bits per heavy atom. The van der Waals surface area contributed by atoms with Gasteiger partial charge in [-0.3, -0.25) is 14.4 Å². The Bertz CT molecular complexity index is 1180. The van der Waals surface area contributed by atoms with Gasteiger partial charge < -0.3 is 14.8 Å². The highest BCUT2D eigenvalue weighted by molar-refractivity contribution is 5.87. The second kappa shape index (κ2) is 10.9. The van der Waals surface area contributed by atoms with Crippen LogP contribution in [-0.4, -0.2) is 64.1 Å². The maximum atomic E-state index is 15.0. The number of rotatable bonds is 8. The molecule has 1 aliphatic carbocycles. The molecule has 37 heavy (non-hydrogen) atoms. The van der Waals surface area contributed by atoms with Crippen molar-refractivity contribution >= 4 is 12.0 Å². The summed E-state index contributed by atoms with van der Waals surface area (Å²) < 4.78 is 27.3. The van der Waals surface area contributed by atoms with Crippen LogP contribution in [0.1, 0.15) is 45.6 Å². The van der Waals surface area contributed by atoms with Crippen LogP contribution in [0.15, 0.2) is 30.6 Å². The van der Waals surface area contributed by atoms with E-state index in [9.17, 15) is 19.2 Å². The van der Waals surface area contributed by atoms with Gasteiger partial charge in [0.05, 0.1) is 25.4 Å². The third-order valence-corrected chi connectivity index (χ3v) is 6.90. The van der Waals surface area contributed by atoms with Crippen LogP contribution in [0.2, 0.25) is 0 Å². The van der Waals surface area contributed by atoms with Gasteiger partial charge in [0.15, 0.2) is 0 Å². The zero-order valence-corrected chi connectivity index (χ0v) is 21.7. The van der Waals surface area contributed by atoms with Gasteiger partial charge in [-0.2, -0.15) is 10.4 Å². The highest BCUT2D eigenvalue weighted by Gasteiger charge is 2.52. The van der Waals surface area contributed by atoms with Gasteiger partial charge >= 0.3 is 6.09 Å². The van der Waals surface area contributed by atoms with Crippen molar-refractivity contribution in [2.24, 2.45) is 5.92 Å². The first-order valence-corrected chi connectivity index (χ1v) is 12.6. The normalized spacial score (nSPS) is 21.5. The summed E-state index contributed by atoms with van der Waals surface area (Å²) in [6.45, 7) is 6.47. The average molecular weight is 512 g/mol. The van der Waals surface area contributed by atoms with Crippen LogP contribution in [-0.2, 0) is 27.2 Å². The van der Waals surface area contributed by atoms with Gasteiger partial charge in [0.2, 0.25) is 5.91 Å². The zero-order chi connectivity index (χ0) is 26.7. The molecule has 9 nitrogen and oxygen atoms in total. The molecule has 1 saturated carbocycles. The first-order valence-electron chi connectivity index (χ1n) is 12.6. The third-order valence-electron chi connectivity index (χ3n) is 6.90. The second-order valence-corrected chi connectivity index (χ2v) is 10.7. The fourth-order valence-electron chi connectivity index (χ4n) is 5.22. The number of halogens is 1. The van der Waals surface area contributed by atoms with Crippen molar-refractivity contribution in [1.29, 1.82) is 5.26 Å². The number of nitriles is 1. The summed E-state index contributed by atoms with van der Waals surface area (Å²) in [5.41, 5.74) is 1.07. The third kappa shape index (κ3) is 6.10. The highest BCUT2D eigenvalue weighted by atomic mass is 19.1. The second-order valence-electron chi connectivity index (χ2n) is 10.7. The Hall–Kier alpha value is -3.45. The summed E-state index contributed by atoms with van der Waals surface area (Å²) in [4.78, 5) is 27.6. The lowest BCUT2D eigenvalue weighted by molar-refractivity contribution is -0.128. The molecule has 2 amide bonds. The Balaban J connectivity index is 1.42. The molecule has 198 valence electrons. The smallest absolute Gasteiger partial charge is 0.411 e. The van der Waals surface area contributed by atoms with E-state index in [0.29, 0.717) is 24.3 Å². The van der Waals surface area contributed by atoms with E-state index in [1.807, 2.05) is 6.20 Å². The van der Waals surface area contributed by atoms with E-state index in [-0.39, 0.29) is 18.4 Å². The van der Waals surface area contributed by atoms with E-state index in [0.717, 1.165) is 24.8 Å². The molecule has 1 saturated heterocycles. The molecule has 10 heteroatoms. The zero-order valence-electron chi connectivity index (χ0n) is 21.7. The number of fused-ring (bicyclic) bond motifs is 2. The van der Waals surface area contributed by atoms with E-state index in [2.05, 4.69) is 16.5 Å². The first-order chi connectivity index (χ1) is 17.6. The molecule has 2 heterocycles. The molecule has 2 aliphatic rings. The number of benzene rings is 1. The largest absolute Gasteiger partial charge is 0.444 e. The summed E-state index contributed by atoms with van der Waals surface area (Å²) in [5, 5.41) is 16.7. The number of nitrogens with zero attached hydrogens (tertiary/aromatic N) is 4. The molecule has 2 aromatic rings. The quantitative estimate of drug-likeness (QED) is 0.579. The molecule has 1 aromatic heterocycles. The van der Waals surface area contributed by atoms with Crippen LogP contribution >= 0.6 is 0 Å². The minimum Gasteiger partial charge on any atom is -0.444 e. The molecule has 1 aliphatic heterocycles. The van der Waals surface area contributed by atoms with E-state index >= 15 is 0 Å². The maximum Gasteiger partial charge on any atom is 0.411 e. The summed E-state index contributed by atoms with van der Waals surface area (Å²) >= 11 is 0. The van der Waals surface area contributed by atoms with Gasteiger partial charge in [-0.05, 0) is 63.1 Å². The molecule has 1 N–H and O–H groups in total. The molecular formula is C27H34FN5O4. The van der Waals surface area contributed by atoms with E-state index in [4.69, 9.17) is 9.47 Å². The van der Waals surface area contributed by atoms with E-state index < -0.39 is 35.5 Å². The predicted octanol–water partition coefficient (Wildman–Crippen LogP) is 3.67. The van der Waals surface area contributed by atoms with Crippen molar-refractivity contribution in [2.75, 3.05) is 13.7 Å². The number of likely N-dealkylation sites (tertiary alicyclic amines) is 1. The van der Waals surface area contributed by atoms with Gasteiger partial charge in [-0.25, -0.2) is 9.18 Å². The fourth-order valence-corrected chi connectivity index (χ4v) is 5.22. The molecule has 4 atom stereocenters. The minimum absolute atomic E-state index is 0.00864. The average Bonchev–Trinajstić information content (AvgIpc) is 3.58. The van der Waals surface area contributed by atoms with Crippen molar-refractivity contribution in [2.45, 2.75) is 76.7 Å². The molecule has 4 rings (SSSR count). The van der Waals surface area contributed by atoms with E-state index in [1.165, 1.54) is 11.0 Å².